The number of carbonyl (C=O) groups is 2. The third-order valence-electron chi connectivity index (χ3n) is 2.64. The van der Waals surface area contributed by atoms with Crippen molar-refractivity contribution in [2.75, 3.05) is 6.54 Å². The van der Waals surface area contributed by atoms with E-state index in [2.05, 4.69) is 0 Å². The van der Waals surface area contributed by atoms with Gasteiger partial charge in [0.25, 0.3) is 0 Å². The molecule has 0 aromatic carbocycles. The fourth-order valence-electron chi connectivity index (χ4n) is 1.67. The minimum Gasteiger partial charge on any atom is -0.550 e. The smallest absolute Gasteiger partial charge is 0.241 e. The number of hydrogen-bond acceptors (Lipinski definition) is 5. The average molecular weight is 274 g/mol. The number of hydrogen-bond donors (Lipinski definition) is 0. The van der Waals surface area contributed by atoms with E-state index in [1.165, 1.54) is 11.8 Å². The van der Waals surface area contributed by atoms with Crippen molar-refractivity contribution in [2.45, 2.75) is 44.3 Å². The van der Waals surface area contributed by atoms with Gasteiger partial charge in [-0.2, -0.15) is 0 Å². The normalized spacial score (nSPS) is 20.1. The summed E-state index contributed by atoms with van der Waals surface area (Å²) >= 11 is 6.60. The first kappa shape index (κ1) is 14.4. The predicted octanol–water partition coefficient (Wildman–Crippen LogP) is 0.936. The van der Waals surface area contributed by atoms with E-state index in [9.17, 15) is 14.7 Å². The lowest BCUT2D eigenvalue weighted by atomic mass is 10.2. The number of carbonyl (C=O) groups excluding carboxylic acids is 2. The van der Waals surface area contributed by atoms with E-state index in [4.69, 9.17) is 12.2 Å². The van der Waals surface area contributed by atoms with Crippen molar-refractivity contribution >= 4 is 40.2 Å². The second-order valence-corrected chi connectivity index (χ2v) is 5.79. The van der Waals surface area contributed by atoms with Crippen LogP contribution in [-0.4, -0.2) is 32.9 Å². The van der Waals surface area contributed by atoms with Crippen LogP contribution in [0.5, 0.6) is 0 Å². The number of thiocarbonyl (C=S) groups is 1. The van der Waals surface area contributed by atoms with Gasteiger partial charge in [-0.25, -0.2) is 0 Å². The van der Waals surface area contributed by atoms with Crippen molar-refractivity contribution < 1.29 is 14.7 Å². The summed E-state index contributed by atoms with van der Waals surface area (Å²) in [5, 5.41) is 10.2. The zero-order valence-electron chi connectivity index (χ0n) is 9.81. The molecule has 1 rings (SSSR count). The number of amides is 1. The second-order valence-electron chi connectivity index (χ2n) is 3.95. The summed E-state index contributed by atoms with van der Waals surface area (Å²) in [6.45, 7) is 2.58. The van der Waals surface area contributed by atoms with Crippen LogP contribution in [0.2, 0.25) is 0 Å². The quantitative estimate of drug-likeness (QED) is 0.511. The van der Waals surface area contributed by atoms with Gasteiger partial charge < -0.3 is 9.90 Å². The molecule has 1 fully saturated rings. The molecule has 6 heteroatoms. The van der Waals surface area contributed by atoms with Crippen molar-refractivity contribution in [1.29, 1.82) is 0 Å². The van der Waals surface area contributed by atoms with E-state index < -0.39 is 5.97 Å². The maximum absolute atomic E-state index is 11.8. The molecule has 4 nitrogen and oxygen atoms in total. The fourth-order valence-corrected chi connectivity index (χ4v) is 3.15. The zero-order chi connectivity index (χ0) is 12.8. The lowest BCUT2D eigenvalue weighted by Gasteiger charge is -2.15. The van der Waals surface area contributed by atoms with Crippen molar-refractivity contribution in [1.82, 2.24) is 4.90 Å². The van der Waals surface area contributed by atoms with Crippen LogP contribution in [0.15, 0.2) is 0 Å². The Hall–Kier alpha value is -0.620. The molecule has 0 aromatic rings. The van der Waals surface area contributed by atoms with Gasteiger partial charge >= 0.3 is 0 Å². The van der Waals surface area contributed by atoms with Crippen molar-refractivity contribution in [3.63, 3.8) is 0 Å². The highest BCUT2D eigenvalue weighted by atomic mass is 32.2. The Bertz CT molecular complexity index is 320. The van der Waals surface area contributed by atoms with Crippen molar-refractivity contribution in [2.24, 2.45) is 0 Å². The third kappa shape index (κ3) is 4.27. The van der Waals surface area contributed by atoms with Gasteiger partial charge in [-0.15, -0.1) is 0 Å². The van der Waals surface area contributed by atoms with Gasteiger partial charge in [-0.05, 0) is 25.7 Å². The predicted molar refractivity (Wildman–Crippen MR) is 69.5 cm³/mol. The zero-order valence-corrected chi connectivity index (χ0v) is 11.4. The number of unbranched alkanes of at least 4 members (excludes halogenated alkanes) is 2. The maximum atomic E-state index is 11.8. The summed E-state index contributed by atoms with van der Waals surface area (Å²) in [6, 6.07) is 0. The molecule has 0 N–H and O–H groups in total. The molecular formula is C11H16NO3S2-. The van der Waals surface area contributed by atoms with Crippen molar-refractivity contribution in [3.8, 4) is 0 Å². The number of thioether (sulfide) groups is 1. The molecule has 0 spiro atoms. The largest absolute Gasteiger partial charge is 0.550 e. The molecule has 0 unspecified atom stereocenters. The van der Waals surface area contributed by atoms with Crippen molar-refractivity contribution in [3.05, 3.63) is 0 Å². The summed E-state index contributed by atoms with van der Waals surface area (Å²) in [5.41, 5.74) is 0. The average Bonchev–Trinajstić information content (AvgIpc) is 2.54. The highest BCUT2D eigenvalue weighted by Crippen LogP contribution is 2.29. The first-order valence-electron chi connectivity index (χ1n) is 5.78. The number of carboxylic acid groups (broad SMARTS) is 1. The van der Waals surface area contributed by atoms with E-state index in [1.54, 1.807) is 4.90 Å². The molecule has 1 amide bonds. The Labute approximate surface area is 111 Å². The topological polar surface area (TPSA) is 60.4 Å². The molecule has 0 aliphatic carbocycles. The number of nitrogens with zero attached hydrogens (tertiary/aromatic N) is 1. The molecule has 1 aliphatic rings. The summed E-state index contributed by atoms with van der Waals surface area (Å²) in [4.78, 5) is 23.7. The standard InChI is InChI=1S/C11H17NO3S2/c1-2-8-10(15)12(11(16)17-8)7-5-3-4-6-9(13)14/h8H,2-7H2,1H3,(H,13,14)/p-1/t8-/m1/s1. The molecule has 96 valence electrons. The molecule has 1 atom stereocenters. The van der Waals surface area contributed by atoms with Crippen LogP contribution in [0, 0.1) is 0 Å². The lowest BCUT2D eigenvalue weighted by molar-refractivity contribution is -0.305. The van der Waals surface area contributed by atoms with E-state index in [0.717, 1.165) is 19.3 Å². The molecule has 0 saturated carbocycles. The van der Waals surface area contributed by atoms with Gasteiger partial charge in [-0.1, -0.05) is 37.3 Å². The third-order valence-corrected chi connectivity index (χ3v) is 4.39. The minimum absolute atomic E-state index is 0.0225. The fraction of sp³-hybridized carbons (Fsp3) is 0.727. The van der Waals surface area contributed by atoms with Crippen LogP contribution in [-0.2, 0) is 9.59 Å². The Balaban J connectivity index is 2.25. The van der Waals surface area contributed by atoms with Crippen LogP contribution in [0.3, 0.4) is 0 Å². The summed E-state index contributed by atoms with van der Waals surface area (Å²) < 4.78 is 0.654. The summed E-state index contributed by atoms with van der Waals surface area (Å²) in [6.07, 6.45) is 3.05. The Morgan fingerprint density at radius 3 is 2.71 bits per heavy atom. The van der Waals surface area contributed by atoms with Crippen LogP contribution in [0.1, 0.15) is 39.0 Å². The van der Waals surface area contributed by atoms with Gasteiger partial charge in [0.2, 0.25) is 5.91 Å². The Morgan fingerprint density at radius 2 is 2.18 bits per heavy atom. The SMILES string of the molecule is CC[C@H]1SC(=S)N(CCCCCC(=O)[O-])C1=O. The van der Waals surface area contributed by atoms with E-state index in [-0.39, 0.29) is 17.6 Å². The highest BCUT2D eigenvalue weighted by Gasteiger charge is 2.34. The van der Waals surface area contributed by atoms with E-state index >= 15 is 0 Å². The van der Waals surface area contributed by atoms with Gasteiger partial charge in [0.05, 0.1) is 5.25 Å². The van der Waals surface area contributed by atoms with Gasteiger partial charge in [-0.3, -0.25) is 9.69 Å². The van der Waals surface area contributed by atoms with Crippen LogP contribution >= 0.6 is 24.0 Å². The number of rotatable bonds is 7. The Morgan fingerprint density at radius 1 is 1.47 bits per heavy atom. The van der Waals surface area contributed by atoms with Gasteiger partial charge in [0.15, 0.2) is 0 Å². The van der Waals surface area contributed by atoms with E-state index in [1.807, 2.05) is 6.92 Å². The first-order valence-corrected chi connectivity index (χ1v) is 7.07. The van der Waals surface area contributed by atoms with Crippen LogP contribution < -0.4 is 5.11 Å². The van der Waals surface area contributed by atoms with Crippen LogP contribution in [0.4, 0.5) is 0 Å². The lowest BCUT2D eigenvalue weighted by Crippen LogP contribution is -2.32. The van der Waals surface area contributed by atoms with Gasteiger partial charge in [0, 0.05) is 12.5 Å². The molecule has 0 bridgehead atoms. The molecule has 1 saturated heterocycles. The molecular weight excluding hydrogens is 258 g/mol. The molecule has 0 aromatic heterocycles. The molecule has 0 radical (unpaired) electrons. The summed E-state index contributed by atoms with van der Waals surface area (Å²) in [5.74, 6) is -0.915. The maximum Gasteiger partial charge on any atom is 0.241 e. The number of aliphatic carboxylic acids is 1. The molecule has 1 heterocycles. The molecule has 1 aliphatic heterocycles. The highest BCUT2D eigenvalue weighted by molar-refractivity contribution is 8.24. The first-order chi connectivity index (χ1) is 8.06. The monoisotopic (exact) mass is 274 g/mol. The Kier molecular flexibility index (Phi) is 5.91. The summed E-state index contributed by atoms with van der Waals surface area (Å²) in [7, 11) is 0. The van der Waals surface area contributed by atoms with E-state index in [0.29, 0.717) is 17.3 Å². The number of carboxylic acids is 1. The van der Waals surface area contributed by atoms with Gasteiger partial charge in [0.1, 0.15) is 4.32 Å². The minimum atomic E-state index is -1.01. The second kappa shape index (κ2) is 6.96. The van der Waals surface area contributed by atoms with Crippen LogP contribution in [0.25, 0.3) is 0 Å². The molecule has 17 heavy (non-hydrogen) atoms.